The third kappa shape index (κ3) is 4.38. The van der Waals surface area contributed by atoms with Gasteiger partial charge in [0.1, 0.15) is 0 Å². The molecule has 2 fully saturated rings. The molecule has 1 saturated carbocycles. The van der Waals surface area contributed by atoms with Gasteiger partial charge in [0.2, 0.25) is 5.91 Å². The summed E-state index contributed by atoms with van der Waals surface area (Å²) in [7, 11) is -3.02. The number of carbonyl (C=O) groups is 1. The van der Waals surface area contributed by atoms with Gasteiger partial charge in [-0.15, -0.1) is 0 Å². The summed E-state index contributed by atoms with van der Waals surface area (Å²) in [4.78, 5) is 12.5. The fourth-order valence-electron chi connectivity index (χ4n) is 3.51. The van der Waals surface area contributed by atoms with Crippen LogP contribution in [0.5, 0.6) is 0 Å². The van der Waals surface area contributed by atoms with E-state index in [0.717, 1.165) is 24.8 Å². The van der Waals surface area contributed by atoms with Crippen molar-refractivity contribution in [1.82, 2.24) is 5.32 Å². The monoisotopic (exact) mass is 349 g/mol. The summed E-state index contributed by atoms with van der Waals surface area (Å²) in [5.41, 5.74) is 2.45. The van der Waals surface area contributed by atoms with Crippen LogP contribution in [0.25, 0.3) is 0 Å². The Bertz CT molecular complexity index is 690. The molecule has 0 radical (unpaired) electrons. The van der Waals surface area contributed by atoms with E-state index in [1.807, 2.05) is 0 Å². The largest absolute Gasteiger partial charge is 0.349 e. The van der Waals surface area contributed by atoms with E-state index >= 15 is 0 Å². The molecule has 5 heteroatoms. The van der Waals surface area contributed by atoms with Crippen LogP contribution in [0.2, 0.25) is 0 Å². The molecule has 2 atom stereocenters. The minimum absolute atomic E-state index is 0.00352. The van der Waals surface area contributed by atoms with Gasteiger partial charge in [0.05, 0.1) is 23.5 Å². The smallest absolute Gasteiger partial charge is 0.224 e. The molecule has 1 aliphatic carbocycles. The molecule has 3 rings (SSSR count). The zero-order chi connectivity index (χ0) is 17.3. The lowest BCUT2D eigenvalue weighted by atomic mass is 9.97. The summed E-state index contributed by atoms with van der Waals surface area (Å²) in [5, 5.41) is 3.13. The lowest BCUT2D eigenvalue weighted by Gasteiger charge is -2.21. The number of hydrogen-bond donors (Lipinski definition) is 1. The molecule has 1 aromatic rings. The summed E-state index contributed by atoms with van der Waals surface area (Å²) in [5.74, 6) is 0.782. The van der Waals surface area contributed by atoms with Gasteiger partial charge >= 0.3 is 0 Å². The van der Waals surface area contributed by atoms with E-state index in [1.165, 1.54) is 5.56 Å². The first-order valence-electron chi connectivity index (χ1n) is 8.94. The number of benzene rings is 1. The lowest BCUT2D eigenvalue weighted by Crippen LogP contribution is -2.35. The van der Waals surface area contributed by atoms with Crippen LogP contribution in [-0.4, -0.2) is 25.8 Å². The van der Waals surface area contributed by atoms with Crippen molar-refractivity contribution in [3.8, 4) is 0 Å². The van der Waals surface area contributed by atoms with Gasteiger partial charge in [0, 0.05) is 0 Å². The lowest BCUT2D eigenvalue weighted by molar-refractivity contribution is -0.125. The number of amides is 1. The molecule has 24 heavy (non-hydrogen) atoms. The number of sulfone groups is 1. The van der Waals surface area contributed by atoms with Gasteiger partial charge in [0.15, 0.2) is 9.84 Å². The highest BCUT2D eigenvalue weighted by Gasteiger charge is 2.37. The highest BCUT2D eigenvalue weighted by atomic mass is 32.2. The second-order valence-corrected chi connectivity index (χ2v) is 9.99. The van der Waals surface area contributed by atoms with Crippen molar-refractivity contribution < 1.29 is 13.2 Å². The second kappa shape index (κ2) is 6.87. The SMILES string of the molecule is CC(C)Cc1ccc([C@H](NC(=O)[C@@H]2CCS(=O)(=O)C2)C2CC2)cc1. The molecule has 1 amide bonds. The van der Waals surface area contributed by atoms with Crippen LogP contribution in [0.4, 0.5) is 0 Å². The fraction of sp³-hybridized carbons (Fsp3) is 0.632. The van der Waals surface area contributed by atoms with Crippen molar-refractivity contribution in [2.24, 2.45) is 17.8 Å². The molecule has 4 nitrogen and oxygen atoms in total. The van der Waals surface area contributed by atoms with E-state index in [4.69, 9.17) is 0 Å². The molecule has 2 aliphatic rings. The number of rotatable bonds is 6. The van der Waals surface area contributed by atoms with Crippen molar-refractivity contribution in [2.75, 3.05) is 11.5 Å². The minimum Gasteiger partial charge on any atom is -0.349 e. The van der Waals surface area contributed by atoms with Crippen molar-refractivity contribution in [1.29, 1.82) is 0 Å². The van der Waals surface area contributed by atoms with Gasteiger partial charge < -0.3 is 5.32 Å². The van der Waals surface area contributed by atoms with E-state index in [1.54, 1.807) is 0 Å². The average Bonchev–Trinajstić information content (AvgIpc) is 3.28. The molecular weight excluding hydrogens is 322 g/mol. The van der Waals surface area contributed by atoms with Crippen LogP contribution in [0.1, 0.15) is 50.3 Å². The first kappa shape index (κ1) is 17.5. The fourth-order valence-corrected chi connectivity index (χ4v) is 5.25. The Morgan fingerprint density at radius 2 is 1.83 bits per heavy atom. The zero-order valence-corrected chi connectivity index (χ0v) is 15.3. The van der Waals surface area contributed by atoms with Crippen molar-refractivity contribution in [2.45, 2.75) is 45.6 Å². The van der Waals surface area contributed by atoms with Gasteiger partial charge in [-0.3, -0.25) is 4.79 Å². The van der Waals surface area contributed by atoms with E-state index < -0.39 is 9.84 Å². The average molecular weight is 349 g/mol. The van der Waals surface area contributed by atoms with Crippen molar-refractivity contribution in [3.63, 3.8) is 0 Å². The number of carbonyl (C=O) groups excluding carboxylic acids is 1. The maximum absolute atomic E-state index is 12.5. The molecule has 0 spiro atoms. The van der Waals surface area contributed by atoms with E-state index in [0.29, 0.717) is 18.3 Å². The Morgan fingerprint density at radius 3 is 2.33 bits per heavy atom. The van der Waals surface area contributed by atoms with Crippen LogP contribution >= 0.6 is 0 Å². The Kier molecular flexibility index (Phi) is 5.00. The molecule has 132 valence electrons. The molecule has 1 N–H and O–H groups in total. The zero-order valence-electron chi connectivity index (χ0n) is 14.5. The Morgan fingerprint density at radius 1 is 1.17 bits per heavy atom. The first-order valence-corrected chi connectivity index (χ1v) is 10.8. The van der Waals surface area contributed by atoms with Gasteiger partial charge in [-0.05, 0) is 48.6 Å². The summed E-state index contributed by atoms with van der Waals surface area (Å²) < 4.78 is 23.2. The van der Waals surface area contributed by atoms with Crippen LogP contribution < -0.4 is 5.32 Å². The topological polar surface area (TPSA) is 63.2 Å². The van der Waals surface area contributed by atoms with Crippen LogP contribution in [-0.2, 0) is 21.1 Å². The molecular formula is C19H27NO3S. The predicted molar refractivity (Wildman–Crippen MR) is 95.4 cm³/mol. The molecule has 1 aromatic carbocycles. The highest BCUT2D eigenvalue weighted by Crippen LogP contribution is 2.41. The van der Waals surface area contributed by atoms with Crippen LogP contribution in [0, 0.1) is 17.8 Å². The van der Waals surface area contributed by atoms with E-state index in [-0.39, 0.29) is 29.4 Å². The van der Waals surface area contributed by atoms with Crippen molar-refractivity contribution in [3.05, 3.63) is 35.4 Å². The Hall–Kier alpha value is -1.36. The third-order valence-electron chi connectivity index (χ3n) is 4.98. The highest BCUT2D eigenvalue weighted by molar-refractivity contribution is 7.91. The van der Waals surface area contributed by atoms with E-state index in [9.17, 15) is 13.2 Å². The predicted octanol–water partition coefficient (Wildman–Crippen LogP) is 2.89. The van der Waals surface area contributed by atoms with Crippen molar-refractivity contribution >= 4 is 15.7 Å². The van der Waals surface area contributed by atoms with Crippen LogP contribution in [0.3, 0.4) is 0 Å². The maximum Gasteiger partial charge on any atom is 0.224 e. The minimum atomic E-state index is -3.02. The maximum atomic E-state index is 12.5. The van der Waals surface area contributed by atoms with Crippen LogP contribution in [0.15, 0.2) is 24.3 Å². The third-order valence-corrected chi connectivity index (χ3v) is 6.75. The first-order chi connectivity index (χ1) is 11.3. The Labute approximate surface area is 145 Å². The normalized spacial score (nSPS) is 24.0. The molecule has 0 aromatic heterocycles. The molecule has 1 saturated heterocycles. The summed E-state index contributed by atoms with van der Waals surface area (Å²) >= 11 is 0. The molecule has 1 aliphatic heterocycles. The van der Waals surface area contributed by atoms with Gasteiger partial charge in [-0.1, -0.05) is 38.1 Å². The summed E-state index contributed by atoms with van der Waals surface area (Å²) in [6, 6.07) is 8.56. The van der Waals surface area contributed by atoms with Gasteiger partial charge in [-0.25, -0.2) is 8.42 Å². The molecule has 0 unspecified atom stereocenters. The second-order valence-electron chi connectivity index (χ2n) is 7.76. The number of hydrogen-bond acceptors (Lipinski definition) is 3. The Balaban J connectivity index is 1.68. The number of nitrogens with one attached hydrogen (secondary N) is 1. The molecule has 1 heterocycles. The summed E-state index contributed by atoms with van der Waals surface area (Å²) in [6.07, 6.45) is 3.77. The standard InChI is InChI=1S/C19H27NO3S/c1-13(2)11-14-3-5-15(6-4-14)18(16-7-8-16)20-19(21)17-9-10-24(22,23)12-17/h3-6,13,16-18H,7-12H2,1-2H3,(H,20,21)/t17-,18+/m1/s1. The van der Waals surface area contributed by atoms with E-state index in [2.05, 4.69) is 43.4 Å². The summed E-state index contributed by atoms with van der Waals surface area (Å²) in [6.45, 7) is 4.41. The van der Waals surface area contributed by atoms with Gasteiger partial charge in [-0.2, -0.15) is 0 Å². The quantitative estimate of drug-likeness (QED) is 0.859. The molecule has 0 bridgehead atoms. The van der Waals surface area contributed by atoms with Gasteiger partial charge in [0.25, 0.3) is 0 Å².